The van der Waals surface area contributed by atoms with Crippen molar-refractivity contribution in [2.24, 2.45) is 5.92 Å². The molecule has 29 heavy (non-hydrogen) atoms. The molecule has 0 N–H and O–H groups in total. The molecule has 2 bridgehead atoms. The molecule has 1 aromatic carbocycles. The molecule has 2 aromatic rings. The molecular weight excluding hydrogens is 370 g/mol. The van der Waals surface area contributed by atoms with Gasteiger partial charge in [-0.2, -0.15) is 0 Å². The van der Waals surface area contributed by atoms with Gasteiger partial charge in [-0.3, -0.25) is 14.2 Å². The third kappa shape index (κ3) is 3.74. The Morgan fingerprint density at radius 3 is 2.28 bits per heavy atom. The Balaban J connectivity index is 1.65. The van der Waals surface area contributed by atoms with Gasteiger partial charge in [-0.15, -0.1) is 0 Å². The first-order chi connectivity index (χ1) is 14.0. The number of methoxy groups -OCH3 is 2. The van der Waals surface area contributed by atoms with Crippen LogP contribution in [0.25, 0.3) is 5.69 Å². The number of likely N-dealkylation sites (N-methyl/N-ethyl adjacent to an activating group) is 1. The van der Waals surface area contributed by atoms with E-state index in [0.29, 0.717) is 28.7 Å². The smallest absolute Gasteiger partial charge is 0.255 e. The molecule has 3 aliphatic heterocycles. The number of benzene rings is 1. The van der Waals surface area contributed by atoms with Gasteiger partial charge in [0.05, 0.1) is 25.5 Å². The van der Waals surface area contributed by atoms with Crippen LogP contribution in [0.15, 0.2) is 41.3 Å². The van der Waals surface area contributed by atoms with Gasteiger partial charge >= 0.3 is 0 Å². The second-order valence-electron chi connectivity index (χ2n) is 7.82. The van der Waals surface area contributed by atoms with E-state index in [1.54, 1.807) is 44.7 Å². The minimum atomic E-state index is -0.220. The molecule has 0 aliphatic carbocycles. The molecule has 1 aromatic heterocycles. The van der Waals surface area contributed by atoms with Crippen LogP contribution in [0.4, 0.5) is 0 Å². The summed E-state index contributed by atoms with van der Waals surface area (Å²) in [5.41, 5.74) is 0.860. The van der Waals surface area contributed by atoms with E-state index in [2.05, 4.69) is 4.90 Å². The van der Waals surface area contributed by atoms with E-state index in [9.17, 15) is 9.59 Å². The predicted octanol–water partition coefficient (Wildman–Crippen LogP) is 2.02. The summed E-state index contributed by atoms with van der Waals surface area (Å²) in [6.45, 7) is 3.19. The van der Waals surface area contributed by atoms with Gasteiger partial charge in [-0.25, -0.2) is 0 Å². The lowest BCUT2D eigenvalue weighted by atomic mass is 9.83. The molecule has 3 saturated heterocycles. The lowest BCUT2D eigenvalue weighted by Crippen LogP contribution is -2.57. The van der Waals surface area contributed by atoms with Crippen molar-refractivity contribution in [2.75, 3.05) is 40.9 Å². The predicted molar refractivity (Wildman–Crippen MR) is 110 cm³/mol. The highest BCUT2D eigenvalue weighted by Gasteiger charge is 2.38. The van der Waals surface area contributed by atoms with Gasteiger partial charge in [0.1, 0.15) is 11.5 Å². The van der Waals surface area contributed by atoms with E-state index in [4.69, 9.17) is 9.47 Å². The van der Waals surface area contributed by atoms with Crippen LogP contribution in [0.3, 0.4) is 0 Å². The molecule has 0 saturated carbocycles. The van der Waals surface area contributed by atoms with Crippen molar-refractivity contribution in [3.8, 4) is 17.2 Å². The molecule has 0 radical (unpaired) electrons. The van der Waals surface area contributed by atoms with E-state index in [1.165, 1.54) is 10.6 Å². The molecule has 0 spiro atoms. The lowest BCUT2D eigenvalue weighted by molar-refractivity contribution is 0.0162. The number of aromatic nitrogens is 1. The number of fused-ring (bicyclic) bond motifs is 3. The fraction of sp³-hybridized carbons (Fsp3) is 0.455. The monoisotopic (exact) mass is 397 g/mol. The first kappa shape index (κ1) is 19.5. The van der Waals surface area contributed by atoms with Gasteiger partial charge < -0.3 is 19.3 Å². The second kappa shape index (κ2) is 7.91. The minimum absolute atomic E-state index is 0.0626. The molecule has 3 aliphatic rings. The zero-order chi connectivity index (χ0) is 20.5. The van der Waals surface area contributed by atoms with Crippen LogP contribution >= 0.6 is 0 Å². The topological polar surface area (TPSA) is 64.0 Å². The Morgan fingerprint density at radius 2 is 1.72 bits per heavy atom. The first-order valence-electron chi connectivity index (χ1n) is 9.96. The Kier molecular flexibility index (Phi) is 5.32. The Labute approximate surface area is 170 Å². The van der Waals surface area contributed by atoms with Crippen LogP contribution in [0.1, 0.15) is 23.2 Å². The highest BCUT2D eigenvalue weighted by atomic mass is 16.5. The number of pyridine rings is 1. The van der Waals surface area contributed by atoms with Crippen LogP contribution in [-0.2, 0) is 0 Å². The van der Waals surface area contributed by atoms with Crippen LogP contribution in [0.2, 0.25) is 0 Å². The van der Waals surface area contributed by atoms with Crippen molar-refractivity contribution < 1.29 is 14.3 Å². The zero-order valence-corrected chi connectivity index (χ0v) is 17.1. The number of nitrogens with zero attached hydrogens (tertiary/aromatic N) is 3. The number of piperidine rings is 3. The average Bonchev–Trinajstić information content (AvgIpc) is 2.78. The van der Waals surface area contributed by atoms with Gasteiger partial charge in [-0.05, 0) is 37.9 Å². The number of hydrogen-bond acceptors (Lipinski definition) is 5. The fourth-order valence-electron chi connectivity index (χ4n) is 4.47. The lowest BCUT2D eigenvalue weighted by Gasteiger charge is -2.48. The minimum Gasteiger partial charge on any atom is -0.497 e. The normalized spacial score (nSPS) is 22.9. The highest BCUT2D eigenvalue weighted by molar-refractivity contribution is 5.94. The summed E-state index contributed by atoms with van der Waals surface area (Å²) in [7, 11) is 4.99. The number of carbonyl (C=O) groups excluding carboxylic acids is 1. The number of rotatable bonds is 5. The van der Waals surface area contributed by atoms with Crippen molar-refractivity contribution in [3.05, 3.63) is 52.4 Å². The molecule has 1 atom stereocenters. The molecule has 7 nitrogen and oxygen atoms in total. The van der Waals surface area contributed by atoms with E-state index in [0.717, 1.165) is 32.5 Å². The summed E-state index contributed by atoms with van der Waals surface area (Å²) < 4.78 is 12.1. The van der Waals surface area contributed by atoms with Crippen LogP contribution in [-0.4, -0.2) is 67.2 Å². The quantitative estimate of drug-likeness (QED) is 0.772. The summed E-state index contributed by atoms with van der Waals surface area (Å²) in [5.74, 6) is 1.65. The van der Waals surface area contributed by atoms with E-state index in [1.807, 2.05) is 11.9 Å². The van der Waals surface area contributed by atoms with E-state index < -0.39 is 0 Å². The summed E-state index contributed by atoms with van der Waals surface area (Å²) >= 11 is 0. The van der Waals surface area contributed by atoms with Crippen LogP contribution < -0.4 is 15.0 Å². The van der Waals surface area contributed by atoms with Gasteiger partial charge in [-0.1, -0.05) is 0 Å². The van der Waals surface area contributed by atoms with Crippen molar-refractivity contribution in [3.63, 3.8) is 0 Å². The van der Waals surface area contributed by atoms with Gasteiger partial charge in [0.2, 0.25) is 0 Å². The Hall–Kier alpha value is -2.80. The van der Waals surface area contributed by atoms with Gasteiger partial charge in [0, 0.05) is 50.1 Å². The maximum absolute atomic E-state index is 13.2. The number of hydrogen-bond donors (Lipinski definition) is 0. The number of ether oxygens (including phenoxy) is 2. The van der Waals surface area contributed by atoms with Gasteiger partial charge in [0.15, 0.2) is 0 Å². The SMILES string of the molecule is COc1cc(OC)cc(-n2cc(C(=O)N(C)C3CN4CCC3CC4)ccc2=O)c1. The molecular formula is C22H27N3O4. The maximum Gasteiger partial charge on any atom is 0.255 e. The largest absolute Gasteiger partial charge is 0.497 e. The first-order valence-corrected chi connectivity index (χ1v) is 9.96. The standard InChI is InChI=1S/C22H27N3O4/c1-23(20-14-24-8-6-15(20)7-9-24)22(27)16-4-5-21(26)25(13-16)17-10-18(28-2)12-19(11-17)29-3/h4-5,10-13,15,20H,6-9,14H2,1-3H3. The summed E-state index contributed by atoms with van der Waals surface area (Å²) in [6, 6.07) is 8.50. The molecule has 1 unspecified atom stereocenters. The summed E-state index contributed by atoms with van der Waals surface area (Å²) in [5, 5.41) is 0. The Morgan fingerprint density at radius 1 is 1.07 bits per heavy atom. The third-order valence-corrected chi connectivity index (χ3v) is 6.21. The molecule has 1 amide bonds. The van der Waals surface area contributed by atoms with Gasteiger partial charge in [0.25, 0.3) is 11.5 Å². The molecule has 154 valence electrons. The Bertz CT molecular complexity index is 941. The second-order valence-corrected chi connectivity index (χ2v) is 7.82. The molecule has 3 fully saturated rings. The molecule has 7 heteroatoms. The van der Waals surface area contributed by atoms with E-state index in [-0.39, 0.29) is 17.5 Å². The number of carbonyl (C=O) groups is 1. The van der Waals surface area contributed by atoms with Crippen LogP contribution in [0, 0.1) is 5.92 Å². The average molecular weight is 397 g/mol. The third-order valence-electron chi connectivity index (χ3n) is 6.21. The van der Waals surface area contributed by atoms with Crippen molar-refractivity contribution >= 4 is 5.91 Å². The molecule has 4 heterocycles. The van der Waals surface area contributed by atoms with Crippen LogP contribution in [0.5, 0.6) is 11.5 Å². The maximum atomic E-state index is 13.2. The van der Waals surface area contributed by atoms with Crippen molar-refractivity contribution in [1.82, 2.24) is 14.4 Å². The summed E-state index contributed by atoms with van der Waals surface area (Å²) in [6.07, 6.45) is 3.90. The van der Waals surface area contributed by atoms with Crippen molar-refractivity contribution in [1.29, 1.82) is 0 Å². The summed E-state index contributed by atoms with van der Waals surface area (Å²) in [4.78, 5) is 30.0. The number of amides is 1. The zero-order valence-electron chi connectivity index (χ0n) is 17.1. The van der Waals surface area contributed by atoms with E-state index >= 15 is 0 Å². The highest BCUT2D eigenvalue weighted by Crippen LogP contribution is 2.31. The molecule has 5 rings (SSSR count). The fourth-order valence-corrected chi connectivity index (χ4v) is 4.47. The van der Waals surface area contributed by atoms with Crippen molar-refractivity contribution in [2.45, 2.75) is 18.9 Å².